The van der Waals surface area contributed by atoms with Gasteiger partial charge in [0.1, 0.15) is 5.75 Å². The Bertz CT molecular complexity index is 1050. The number of benzene rings is 3. The summed E-state index contributed by atoms with van der Waals surface area (Å²) >= 11 is 0. The molecule has 0 spiro atoms. The fourth-order valence-electron chi connectivity index (χ4n) is 2.72. The van der Waals surface area contributed by atoms with E-state index < -0.39 is 10.0 Å². The molecule has 0 aliphatic heterocycles. The average Bonchev–Trinajstić information content (AvgIpc) is 2.74. The van der Waals surface area contributed by atoms with E-state index in [0.29, 0.717) is 24.2 Å². The summed E-state index contributed by atoms with van der Waals surface area (Å²) in [6, 6.07) is 22.1. The molecule has 150 valence electrons. The maximum absolute atomic E-state index is 12.4. The molecule has 6 nitrogen and oxygen atoms in total. The van der Waals surface area contributed by atoms with Gasteiger partial charge in [0.15, 0.2) is 0 Å². The molecule has 7 heteroatoms. The Morgan fingerprint density at radius 3 is 2.17 bits per heavy atom. The minimum absolute atomic E-state index is 0.0936. The normalized spacial score (nSPS) is 10.9. The van der Waals surface area contributed by atoms with Gasteiger partial charge in [-0.25, -0.2) is 8.42 Å². The lowest BCUT2D eigenvalue weighted by Crippen LogP contribution is -2.25. The quantitative estimate of drug-likeness (QED) is 0.596. The van der Waals surface area contributed by atoms with Gasteiger partial charge in [-0.15, -0.1) is 0 Å². The van der Waals surface area contributed by atoms with E-state index in [-0.39, 0.29) is 10.8 Å². The zero-order valence-corrected chi connectivity index (χ0v) is 16.8. The zero-order valence-electron chi connectivity index (χ0n) is 16.0. The number of methoxy groups -OCH3 is 1. The number of carbonyl (C=O) groups excluding carboxylic acids is 1. The third kappa shape index (κ3) is 5.58. The number of ether oxygens (including phenoxy) is 1. The molecule has 3 aromatic carbocycles. The first-order valence-corrected chi connectivity index (χ1v) is 10.6. The van der Waals surface area contributed by atoms with Gasteiger partial charge in [0.2, 0.25) is 0 Å². The van der Waals surface area contributed by atoms with Crippen molar-refractivity contribution in [3.63, 3.8) is 0 Å². The van der Waals surface area contributed by atoms with Gasteiger partial charge in [0.05, 0.1) is 12.0 Å². The summed E-state index contributed by atoms with van der Waals surface area (Å²) in [6.45, 7) is 0.473. The van der Waals surface area contributed by atoms with Crippen LogP contribution in [0.15, 0.2) is 83.8 Å². The topological polar surface area (TPSA) is 84.5 Å². The van der Waals surface area contributed by atoms with E-state index in [4.69, 9.17) is 4.74 Å². The largest absolute Gasteiger partial charge is 0.497 e. The number of rotatable bonds is 8. The Morgan fingerprint density at radius 2 is 1.55 bits per heavy atom. The van der Waals surface area contributed by atoms with Crippen molar-refractivity contribution in [1.29, 1.82) is 0 Å². The maximum atomic E-state index is 12.4. The average molecular weight is 410 g/mol. The van der Waals surface area contributed by atoms with E-state index in [1.54, 1.807) is 37.4 Å². The molecule has 0 unspecified atom stereocenters. The van der Waals surface area contributed by atoms with Crippen molar-refractivity contribution >= 4 is 21.6 Å². The molecule has 0 aliphatic rings. The van der Waals surface area contributed by atoms with Gasteiger partial charge in [-0.2, -0.15) is 0 Å². The number of hydrogen-bond donors (Lipinski definition) is 2. The number of anilines is 1. The van der Waals surface area contributed by atoms with Crippen LogP contribution in [0.25, 0.3) is 0 Å². The molecule has 0 atom stereocenters. The van der Waals surface area contributed by atoms with Crippen LogP contribution < -0.4 is 14.8 Å². The van der Waals surface area contributed by atoms with E-state index in [2.05, 4.69) is 10.0 Å². The molecule has 0 radical (unpaired) electrons. The van der Waals surface area contributed by atoms with E-state index >= 15 is 0 Å². The fourth-order valence-corrected chi connectivity index (χ4v) is 3.78. The number of para-hydroxylation sites is 1. The van der Waals surface area contributed by atoms with Crippen molar-refractivity contribution < 1.29 is 17.9 Å². The molecule has 0 heterocycles. The Hall–Kier alpha value is -3.32. The Labute approximate surface area is 170 Å². The number of carbonyl (C=O) groups is 1. The SMILES string of the molecule is COc1ccc(CCNC(=O)c2ccc(S(=O)(=O)Nc3ccccc3)cc2)cc1. The molecule has 0 fully saturated rings. The van der Waals surface area contributed by atoms with Crippen LogP contribution in [0.3, 0.4) is 0 Å². The van der Waals surface area contributed by atoms with Gasteiger partial charge in [-0.3, -0.25) is 9.52 Å². The van der Waals surface area contributed by atoms with Gasteiger partial charge in [-0.1, -0.05) is 30.3 Å². The Balaban J connectivity index is 1.56. The van der Waals surface area contributed by atoms with Crippen LogP contribution >= 0.6 is 0 Å². The number of nitrogens with one attached hydrogen (secondary N) is 2. The third-order valence-corrected chi connectivity index (χ3v) is 5.71. The summed E-state index contributed by atoms with van der Waals surface area (Å²) < 4.78 is 32.5. The lowest BCUT2D eigenvalue weighted by atomic mass is 10.1. The van der Waals surface area contributed by atoms with Crippen molar-refractivity contribution in [2.75, 3.05) is 18.4 Å². The number of amides is 1. The van der Waals surface area contributed by atoms with Crippen LogP contribution in [0.1, 0.15) is 15.9 Å². The van der Waals surface area contributed by atoms with E-state index in [0.717, 1.165) is 11.3 Å². The predicted molar refractivity (Wildman–Crippen MR) is 113 cm³/mol. The second-order valence-corrected chi connectivity index (χ2v) is 8.03. The van der Waals surface area contributed by atoms with Gasteiger partial charge in [0, 0.05) is 17.8 Å². The molecule has 0 saturated heterocycles. The summed E-state index contributed by atoms with van der Waals surface area (Å²) in [4.78, 5) is 12.4. The molecule has 3 aromatic rings. The monoisotopic (exact) mass is 410 g/mol. The van der Waals surface area contributed by atoms with Crippen molar-refractivity contribution in [1.82, 2.24) is 5.32 Å². The van der Waals surface area contributed by atoms with Crippen LogP contribution in [0.5, 0.6) is 5.75 Å². The van der Waals surface area contributed by atoms with E-state index in [1.807, 2.05) is 24.3 Å². The number of sulfonamides is 1. The fraction of sp³-hybridized carbons (Fsp3) is 0.136. The molecule has 2 N–H and O–H groups in total. The lowest BCUT2D eigenvalue weighted by Gasteiger charge is -2.09. The van der Waals surface area contributed by atoms with E-state index in [9.17, 15) is 13.2 Å². The van der Waals surface area contributed by atoms with Crippen molar-refractivity contribution in [3.8, 4) is 5.75 Å². The van der Waals surface area contributed by atoms with Gasteiger partial charge in [-0.05, 0) is 60.5 Å². The first-order valence-electron chi connectivity index (χ1n) is 9.07. The Morgan fingerprint density at radius 1 is 0.897 bits per heavy atom. The first kappa shape index (κ1) is 20.4. The van der Waals surface area contributed by atoms with Crippen molar-refractivity contribution in [3.05, 3.63) is 90.0 Å². The van der Waals surface area contributed by atoms with Gasteiger partial charge in [0.25, 0.3) is 15.9 Å². The third-order valence-electron chi connectivity index (χ3n) is 4.31. The minimum atomic E-state index is -3.71. The van der Waals surface area contributed by atoms with Crippen LogP contribution in [0.2, 0.25) is 0 Å². The molecule has 0 aromatic heterocycles. The molecule has 1 amide bonds. The van der Waals surface area contributed by atoms with Crippen LogP contribution in [0.4, 0.5) is 5.69 Å². The van der Waals surface area contributed by atoms with Crippen LogP contribution in [-0.2, 0) is 16.4 Å². The number of hydrogen-bond acceptors (Lipinski definition) is 4. The summed E-state index contributed by atoms with van der Waals surface area (Å²) in [5, 5.41) is 2.84. The highest BCUT2D eigenvalue weighted by molar-refractivity contribution is 7.92. The second kappa shape index (κ2) is 9.25. The highest BCUT2D eigenvalue weighted by Crippen LogP contribution is 2.16. The molecule has 0 aliphatic carbocycles. The van der Waals surface area contributed by atoms with Crippen LogP contribution in [-0.4, -0.2) is 28.0 Å². The molecule has 29 heavy (non-hydrogen) atoms. The molecular formula is C22H22N2O4S. The summed E-state index contributed by atoms with van der Waals surface area (Å²) in [5.41, 5.74) is 1.96. The summed E-state index contributed by atoms with van der Waals surface area (Å²) in [7, 11) is -2.09. The van der Waals surface area contributed by atoms with Crippen molar-refractivity contribution in [2.24, 2.45) is 0 Å². The molecule has 0 bridgehead atoms. The summed E-state index contributed by atoms with van der Waals surface area (Å²) in [6.07, 6.45) is 0.684. The molecule has 0 saturated carbocycles. The van der Waals surface area contributed by atoms with Crippen molar-refractivity contribution in [2.45, 2.75) is 11.3 Å². The smallest absolute Gasteiger partial charge is 0.261 e. The standard InChI is InChI=1S/C22H22N2O4S/c1-28-20-11-7-17(8-12-20)15-16-23-22(25)18-9-13-21(14-10-18)29(26,27)24-19-5-3-2-4-6-19/h2-14,24H,15-16H2,1H3,(H,23,25). The Kier molecular flexibility index (Phi) is 6.51. The zero-order chi connectivity index (χ0) is 20.7. The molecular weight excluding hydrogens is 388 g/mol. The lowest BCUT2D eigenvalue weighted by molar-refractivity contribution is 0.0954. The summed E-state index contributed by atoms with van der Waals surface area (Å²) in [5.74, 6) is 0.535. The second-order valence-electron chi connectivity index (χ2n) is 6.35. The molecule has 3 rings (SSSR count). The minimum Gasteiger partial charge on any atom is -0.497 e. The van der Waals surface area contributed by atoms with E-state index in [1.165, 1.54) is 24.3 Å². The van der Waals surface area contributed by atoms with Gasteiger partial charge < -0.3 is 10.1 Å². The maximum Gasteiger partial charge on any atom is 0.261 e. The van der Waals surface area contributed by atoms with Gasteiger partial charge >= 0.3 is 0 Å². The highest BCUT2D eigenvalue weighted by Gasteiger charge is 2.15. The first-order chi connectivity index (χ1) is 14.0. The highest BCUT2D eigenvalue weighted by atomic mass is 32.2. The van der Waals surface area contributed by atoms with Crippen LogP contribution in [0, 0.1) is 0 Å². The predicted octanol–water partition coefficient (Wildman–Crippen LogP) is 3.47.